The lowest BCUT2D eigenvalue weighted by Crippen LogP contribution is -2.21. The molecular formula is C16H18F3N5O2. The lowest BCUT2D eigenvalue weighted by Gasteiger charge is -2.09. The Kier molecular flexibility index (Phi) is 5.96. The van der Waals surface area contributed by atoms with E-state index < -0.39 is 12.1 Å². The zero-order valence-corrected chi connectivity index (χ0v) is 14.2. The fourth-order valence-electron chi connectivity index (χ4n) is 2.35. The number of carboxylic acid groups (broad SMARTS) is 1. The van der Waals surface area contributed by atoms with Crippen molar-refractivity contribution in [3.63, 3.8) is 0 Å². The fourth-order valence-corrected chi connectivity index (χ4v) is 2.35. The van der Waals surface area contributed by atoms with Gasteiger partial charge < -0.3 is 10.1 Å². The Labute approximate surface area is 146 Å². The van der Waals surface area contributed by atoms with Crippen molar-refractivity contribution < 1.29 is 23.1 Å². The van der Waals surface area contributed by atoms with E-state index in [4.69, 9.17) is 9.90 Å². The molecule has 3 aromatic rings. The number of carboxylic acids is 1. The normalized spacial score (nSPS) is 12.5. The zero-order valence-electron chi connectivity index (χ0n) is 14.2. The van der Waals surface area contributed by atoms with E-state index in [1.807, 2.05) is 23.1 Å². The molecule has 0 fully saturated rings. The molecule has 3 aromatic heterocycles. The van der Waals surface area contributed by atoms with E-state index in [2.05, 4.69) is 40.1 Å². The van der Waals surface area contributed by atoms with Gasteiger partial charge in [0.15, 0.2) is 0 Å². The second-order valence-corrected chi connectivity index (χ2v) is 5.61. The molecule has 0 saturated carbocycles. The number of nitrogens with one attached hydrogen (secondary N) is 1. The van der Waals surface area contributed by atoms with Crippen molar-refractivity contribution in [3.8, 4) is 11.3 Å². The number of aromatic amines is 1. The first kappa shape index (κ1) is 19.4. The number of aliphatic carboxylic acids is 1. The van der Waals surface area contributed by atoms with E-state index in [1.54, 1.807) is 6.33 Å². The van der Waals surface area contributed by atoms with Gasteiger partial charge in [-0.05, 0) is 19.4 Å². The Hall–Kier alpha value is -2.91. The van der Waals surface area contributed by atoms with Crippen LogP contribution in [0.1, 0.15) is 32.7 Å². The minimum Gasteiger partial charge on any atom is -0.475 e. The van der Waals surface area contributed by atoms with E-state index in [-0.39, 0.29) is 0 Å². The molecule has 0 aromatic carbocycles. The van der Waals surface area contributed by atoms with Gasteiger partial charge in [-0.25, -0.2) is 14.8 Å². The van der Waals surface area contributed by atoms with Crippen LogP contribution in [0.5, 0.6) is 0 Å². The van der Waals surface area contributed by atoms with Crippen LogP contribution in [0, 0.1) is 0 Å². The first-order valence-corrected chi connectivity index (χ1v) is 7.86. The molecule has 0 saturated heterocycles. The van der Waals surface area contributed by atoms with E-state index in [9.17, 15) is 13.2 Å². The zero-order chi connectivity index (χ0) is 19.3. The van der Waals surface area contributed by atoms with Gasteiger partial charge in [0.25, 0.3) is 0 Å². The van der Waals surface area contributed by atoms with Gasteiger partial charge in [-0.2, -0.15) is 18.3 Å². The highest BCUT2D eigenvalue weighted by molar-refractivity contribution is 5.89. The van der Waals surface area contributed by atoms with Crippen molar-refractivity contribution in [3.05, 3.63) is 31.0 Å². The topological polar surface area (TPSA) is 96.7 Å². The highest BCUT2D eigenvalue weighted by atomic mass is 19.4. The van der Waals surface area contributed by atoms with Crippen LogP contribution < -0.4 is 0 Å². The van der Waals surface area contributed by atoms with Crippen molar-refractivity contribution in [2.45, 2.75) is 38.9 Å². The van der Waals surface area contributed by atoms with Crippen molar-refractivity contribution in [2.75, 3.05) is 0 Å². The molecule has 3 rings (SSSR count). The molecule has 0 bridgehead atoms. The first-order chi connectivity index (χ1) is 12.2. The van der Waals surface area contributed by atoms with E-state index >= 15 is 0 Å². The summed E-state index contributed by atoms with van der Waals surface area (Å²) in [6.45, 7) is 4.38. The summed E-state index contributed by atoms with van der Waals surface area (Å²) in [5.74, 6) is -2.76. The van der Waals surface area contributed by atoms with Crippen molar-refractivity contribution in [2.24, 2.45) is 0 Å². The monoisotopic (exact) mass is 369 g/mol. The van der Waals surface area contributed by atoms with Crippen LogP contribution in [0.15, 0.2) is 31.0 Å². The molecule has 140 valence electrons. The second-order valence-electron chi connectivity index (χ2n) is 5.61. The average molecular weight is 369 g/mol. The number of halogens is 3. The SMILES string of the molecule is CCCC(C)n1cc(-c2ncnc3[nH]ccc23)cn1.O=C(O)C(F)(F)F. The van der Waals surface area contributed by atoms with E-state index in [1.165, 1.54) is 0 Å². The smallest absolute Gasteiger partial charge is 0.475 e. The predicted octanol–water partition coefficient (Wildman–Crippen LogP) is 3.82. The molecule has 0 aliphatic carbocycles. The maximum absolute atomic E-state index is 10.6. The van der Waals surface area contributed by atoms with Gasteiger partial charge in [0.05, 0.1) is 11.9 Å². The summed E-state index contributed by atoms with van der Waals surface area (Å²) in [4.78, 5) is 20.6. The molecule has 26 heavy (non-hydrogen) atoms. The average Bonchev–Trinajstić information content (AvgIpc) is 3.24. The van der Waals surface area contributed by atoms with Gasteiger partial charge >= 0.3 is 12.1 Å². The van der Waals surface area contributed by atoms with Crippen LogP contribution in [0.3, 0.4) is 0 Å². The minimum atomic E-state index is -5.08. The van der Waals surface area contributed by atoms with Crippen LogP contribution in [0.25, 0.3) is 22.3 Å². The minimum absolute atomic E-state index is 0.419. The lowest BCUT2D eigenvalue weighted by atomic mass is 10.2. The molecular weight excluding hydrogens is 351 g/mol. The Bertz CT molecular complexity index is 872. The molecule has 7 nitrogen and oxygen atoms in total. The third kappa shape index (κ3) is 4.58. The highest BCUT2D eigenvalue weighted by Crippen LogP contribution is 2.25. The standard InChI is InChI=1S/C14H17N5.C2HF3O2/c1-3-4-10(2)19-8-11(7-18-19)13-12-5-6-15-14(12)17-9-16-13;3-2(4,5)1(6)7/h5-10H,3-4H2,1-2H3,(H,15,16,17);(H,6,7). The molecule has 10 heteroatoms. The van der Waals surface area contributed by atoms with Crippen LogP contribution in [0.2, 0.25) is 0 Å². The lowest BCUT2D eigenvalue weighted by molar-refractivity contribution is -0.192. The largest absolute Gasteiger partial charge is 0.490 e. The number of rotatable bonds is 4. The summed E-state index contributed by atoms with van der Waals surface area (Å²) in [5.41, 5.74) is 2.83. The fraction of sp³-hybridized carbons (Fsp3) is 0.375. The van der Waals surface area contributed by atoms with Gasteiger partial charge in [0.2, 0.25) is 0 Å². The van der Waals surface area contributed by atoms with E-state index in [0.29, 0.717) is 6.04 Å². The number of aromatic nitrogens is 5. The molecule has 1 atom stereocenters. The van der Waals surface area contributed by atoms with Gasteiger partial charge in [-0.3, -0.25) is 4.68 Å². The summed E-state index contributed by atoms with van der Waals surface area (Å²) in [7, 11) is 0. The van der Waals surface area contributed by atoms with Crippen molar-refractivity contribution in [1.82, 2.24) is 24.7 Å². The number of H-pyrrole nitrogens is 1. The van der Waals surface area contributed by atoms with Crippen LogP contribution >= 0.6 is 0 Å². The maximum Gasteiger partial charge on any atom is 0.490 e. The number of carbonyl (C=O) groups is 1. The second kappa shape index (κ2) is 7.98. The van der Waals surface area contributed by atoms with Gasteiger partial charge in [-0.15, -0.1) is 0 Å². The third-order valence-corrected chi connectivity index (χ3v) is 3.63. The number of hydrogen-bond donors (Lipinski definition) is 2. The molecule has 0 radical (unpaired) electrons. The summed E-state index contributed by atoms with van der Waals surface area (Å²) in [6, 6.07) is 2.42. The first-order valence-electron chi connectivity index (χ1n) is 7.86. The Morgan fingerprint density at radius 3 is 2.69 bits per heavy atom. The third-order valence-electron chi connectivity index (χ3n) is 3.63. The molecule has 0 amide bonds. The van der Waals surface area contributed by atoms with Gasteiger partial charge in [0, 0.05) is 29.4 Å². The number of fused-ring (bicyclic) bond motifs is 1. The summed E-state index contributed by atoms with van der Waals surface area (Å²) < 4.78 is 33.7. The number of nitrogens with zero attached hydrogens (tertiary/aromatic N) is 4. The number of alkyl halides is 3. The maximum atomic E-state index is 10.6. The van der Waals surface area contributed by atoms with Crippen molar-refractivity contribution >= 4 is 17.0 Å². The Balaban J connectivity index is 0.000000298. The van der Waals surface area contributed by atoms with Crippen LogP contribution in [-0.4, -0.2) is 42.0 Å². The van der Waals surface area contributed by atoms with E-state index in [0.717, 1.165) is 35.1 Å². The molecule has 2 N–H and O–H groups in total. The molecule has 0 spiro atoms. The van der Waals surface area contributed by atoms with Crippen LogP contribution in [0.4, 0.5) is 13.2 Å². The van der Waals surface area contributed by atoms with Gasteiger partial charge in [0.1, 0.15) is 12.0 Å². The van der Waals surface area contributed by atoms with Gasteiger partial charge in [-0.1, -0.05) is 13.3 Å². The molecule has 0 aliphatic rings. The highest BCUT2D eigenvalue weighted by Gasteiger charge is 2.38. The predicted molar refractivity (Wildman–Crippen MR) is 88.4 cm³/mol. The van der Waals surface area contributed by atoms with Crippen LogP contribution in [-0.2, 0) is 4.79 Å². The Morgan fingerprint density at radius 2 is 2.08 bits per heavy atom. The number of hydrogen-bond acceptors (Lipinski definition) is 4. The summed E-state index contributed by atoms with van der Waals surface area (Å²) in [6.07, 6.45) is 4.61. The summed E-state index contributed by atoms with van der Waals surface area (Å²) in [5, 5.41) is 12.6. The van der Waals surface area contributed by atoms with Crippen molar-refractivity contribution in [1.29, 1.82) is 0 Å². The Morgan fingerprint density at radius 1 is 1.38 bits per heavy atom. The molecule has 1 unspecified atom stereocenters. The quantitative estimate of drug-likeness (QED) is 0.729. The molecule has 0 aliphatic heterocycles. The summed E-state index contributed by atoms with van der Waals surface area (Å²) >= 11 is 0. The molecule has 3 heterocycles.